The van der Waals surface area contributed by atoms with Crippen molar-refractivity contribution in [2.45, 2.75) is 16.0 Å². The first kappa shape index (κ1) is 9.72. The topological polar surface area (TPSA) is 72.1 Å². The van der Waals surface area contributed by atoms with Crippen LogP contribution in [-0.4, -0.2) is 39.8 Å². The number of nitrogens with two attached hydrogens (primary N) is 1. The summed E-state index contributed by atoms with van der Waals surface area (Å²) in [6.07, 6.45) is 0.874. The SMILES string of the molecule is CN1CC[C@@H](Sc2nnc(N)s2)C1=O. The molecular formula is C7H10N4OS2. The lowest BCUT2D eigenvalue weighted by atomic mass is 10.4. The van der Waals surface area contributed by atoms with E-state index in [1.807, 2.05) is 7.05 Å². The molecule has 1 fully saturated rings. The fourth-order valence-electron chi connectivity index (χ4n) is 1.29. The number of thioether (sulfide) groups is 1. The summed E-state index contributed by atoms with van der Waals surface area (Å²) in [5.41, 5.74) is 5.45. The molecule has 1 aromatic heterocycles. The van der Waals surface area contributed by atoms with Crippen LogP contribution >= 0.6 is 23.1 Å². The molecule has 1 amide bonds. The Kier molecular flexibility index (Phi) is 2.60. The highest BCUT2D eigenvalue weighted by Crippen LogP contribution is 2.32. The van der Waals surface area contributed by atoms with E-state index in [0.717, 1.165) is 17.3 Å². The van der Waals surface area contributed by atoms with Crippen molar-refractivity contribution >= 4 is 34.1 Å². The molecule has 5 nitrogen and oxygen atoms in total. The van der Waals surface area contributed by atoms with E-state index in [1.54, 1.807) is 4.90 Å². The Morgan fingerprint density at radius 3 is 2.93 bits per heavy atom. The summed E-state index contributed by atoms with van der Waals surface area (Å²) >= 11 is 2.78. The maximum atomic E-state index is 11.5. The number of hydrogen-bond donors (Lipinski definition) is 1. The Morgan fingerprint density at radius 1 is 1.64 bits per heavy atom. The molecule has 2 N–H and O–H groups in total. The second kappa shape index (κ2) is 3.74. The van der Waals surface area contributed by atoms with Crippen molar-refractivity contribution in [2.24, 2.45) is 0 Å². The molecule has 0 aromatic carbocycles. The van der Waals surface area contributed by atoms with Gasteiger partial charge in [-0.25, -0.2) is 0 Å². The van der Waals surface area contributed by atoms with E-state index in [0.29, 0.717) is 5.13 Å². The number of hydrogen-bond acceptors (Lipinski definition) is 6. The quantitative estimate of drug-likeness (QED) is 0.798. The highest BCUT2D eigenvalue weighted by molar-refractivity contribution is 8.02. The average molecular weight is 230 g/mol. The minimum atomic E-state index is -0.00708. The molecule has 1 saturated heterocycles. The van der Waals surface area contributed by atoms with Gasteiger partial charge < -0.3 is 10.6 Å². The largest absolute Gasteiger partial charge is 0.374 e. The minimum Gasteiger partial charge on any atom is -0.374 e. The fourth-order valence-corrected chi connectivity index (χ4v) is 3.26. The van der Waals surface area contributed by atoms with Gasteiger partial charge in [0, 0.05) is 13.6 Å². The van der Waals surface area contributed by atoms with E-state index < -0.39 is 0 Å². The van der Waals surface area contributed by atoms with Crippen molar-refractivity contribution in [3.8, 4) is 0 Å². The standard InChI is InChI=1S/C7H10N4OS2/c1-11-3-2-4(5(11)12)13-7-10-9-6(8)14-7/h4H,2-3H2,1H3,(H2,8,9)/t4-/m1/s1. The summed E-state index contributed by atoms with van der Waals surface area (Å²) in [4.78, 5) is 13.3. The molecule has 2 heterocycles. The summed E-state index contributed by atoms with van der Waals surface area (Å²) in [5.74, 6) is 0.170. The van der Waals surface area contributed by atoms with Crippen molar-refractivity contribution in [3.05, 3.63) is 0 Å². The van der Waals surface area contributed by atoms with E-state index in [4.69, 9.17) is 5.73 Å². The number of rotatable bonds is 2. The monoisotopic (exact) mass is 230 g/mol. The molecule has 0 unspecified atom stereocenters. The van der Waals surface area contributed by atoms with Gasteiger partial charge in [-0.2, -0.15) is 0 Å². The molecule has 7 heteroatoms. The van der Waals surface area contributed by atoms with Gasteiger partial charge in [0.05, 0.1) is 5.25 Å². The van der Waals surface area contributed by atoms with Gasteiger partial charge in [-0.1, -0.05) is 23.1 Å². The molecule has 0 spiro atoms. The zero-order valence-electron chi connectivity index (χ0n) is 7.64. The highest BCUT2D eigenvalue weighted by atomic mass is 32.2. The molecule has 0 radical (unpaired) electrons. The van der Waals surface area contributed by atoms with Gasteiger partial charge in [-0.15, -0.1) is 10.2 Å². The van der Waals surface area contributed by atoms with Crippen molar-refractivity contribution in [2.75, 3.05) is 19.3 Å². The third-order valence-corrected chi connectivity index (χ3v) is 4.13. The Labute approximate surface area is 89.7 Å². The van der Waals surface area contributed by atoms with Crippen molar-refractivity contribution in [1.29, 1.82) is 0 Å². The Balaban J connectivity index is 2.02. The third kappa shape index (κ3) is 1.83. The first-order valence-electron chi connectivity index (χ1n) is 4.17. The fraction of sp³-hybridized carbons (Fsp3) is 0.571. The molecule has 2 rings (SSSR count). The lowest BCUT2D eigenvalue weighted by molar-refractivity contribution is -0.126. The van der Waals surface area contributed by atoms with Crippen LogP contribution in [0.15, 0.2) is 4.34 Å². The number of nitrogens with zero attached hydrogens (tertiary/aromatic N) is 3. The zero-order chi connectivity index (χ0) is 10.1. The average Bonchev–Trinajstić information content (AvgIpc) is 2.67. The molecular weight excluding hydrogens is 220 g/mol. The van der Waals surface area contributed by atoms with E-state index >= 15 is 0 Å². The van der Waals surface area contributed by atoms with E-state index in [2.05, 4.69) is 10.2 Å². The number of likely N-dealkylation sites (tertiary alicyclic amines) is 1. The molecule has 1 aliphatic rings. The second-order valence-electron chi connectivity index (χ2n) is 3.06. The first-order valence-corrected chi connectivity index (χ1v) is 5.87. The van der Waals surface area contributed by atoms with Gasteiger partial charge in [0.25, 0.3) is 0 Å². The van der Waals surface area contributed by atoms with Crippen molar-refractivity contribution < 1.29 is 4.79 Å². The molecule has 76 valence electrons. The molecule has 0 saturated carbocycles. The van der Waals surface area contributed by atoms with Crippen LogP contribution in [0.25, 0.3) is 0 Å². The molecule has 0 aliphatic carbocycles. The summed E-state index contributed by atoms with van der Waals surface area (Å²) in [7, 11) is 1.82. The molecule has 1 aliphatic heterocycles. The third-order valence-electron chi connectivity index (χ3n) is 2.04. The number of amides is 1. The van der Waals surface area contributed by atoms with Gasteiger partial charge in [0.1, 0.15) is 0 Å². The number of anilines is 1. The summed E-state index contributed by atoms with van der Waals surface area (Å²) in [5, 5.41) is 8.02. The van der Waals surface area contributed by atoms with E-state index in [1.165, 1.54) is 23.1 Å². The van der Waals surface area contributed by atoms with Crippen LogP contribution in [0.5, 0.6) is 0 Å². The maximum absolute atomic E-state index is 11.5. The first-order chi connectivity index (χ1) is 6.66. The van der Waals surface area contributed by atoms with Crippen LogP contribution in [0.2, 0.25) is 0 Å². The number of carbonyl (C=O) groups is 1. The van der Waals surface area contributed by atoms with Crippen LogP contribution in [0.1, 0.15) is 6.42 Å². The van der Waals surface area contributed by atoms with Gasteiger partial charge >= 0.3 is 0 Å². The predicted molar refractivity (Wildman–Crippen MR) is 56.2 cm³/mol. The van der Waals surface area contributed by atoms with Gasteiger partial charge in [-0.3, -0.25) is 4.79 Å². The van der Waals surface area contributed by atoms with Crippen LogP contribution < -0.4 is 5.73 Å². The molecule has 0 bridgehead atoms. The lowest BCUT2D eigenvalue weighted by Crippen LogP contribution is -2.23. The number of aromatic nitrogens is 2. The number of carbonyl (C=O) groups excluding carboxylic acids is 1. The van der Waals surface area contributed by atoms with E-state index in [-0.39, 0.29) is 11.2 Å². The molecule has 1 aromatic rings. The lowest BCUT2D eigenvalue weighted by Gasteiger charge is -2.07. The van der Waals surface area contributed by atoms with Crippen molar-refractivity contribution in [1.82, 2.24) is 15.1 Å². The molecule has 1 atom stereocenters. The Morgan fingerprint density at radius 2 is 2.43 bits per heavy atom. The second-order valence-corrected chi connectivity index (χ2v) is 5.52. The summed E-state index contributed by atoms with van der Waals surface area (Å²) in [6.45, 7) is 0.824. The van der Waals surface area contributed by atoms with Crippen molar-refractivity contribution in [3.63, 3.8) is 0 Å². The van der Waals surface area contributed by atoms with Crippen LogP contribution in [0.3, 0.4) is 0 Å². The van der Waals surface area contributed by atoms with Crippen LogP contribution in [-0.2, 0) is 4.79 Å². The van der Waals surface area contributed by atoms with Crippen LogP contribution in [0.4, 0.5) is 5.13 Å². The predicted octanol–water partition coefficient (Wildman–Crippen LogP) is 0.443. The van der Waals surface area contributed by atoms with Crippen LogP contribution in [0, 0.1) is 0 Å². The smallest absolute Gasteiger partial charge is 0.235 e. The number of nitrogen functional groups attached to an aromatic ring is 1. The summed E-state index contributed by atoms with van der Waals surface area (Å²) in [6, 6.07) is 0. The summed E-state index contributed by atoms with van der Waals surface area (Å²) < 4.78 is 0.774. The van der Waals surface area contributed by atoms with Gasteiger partial charge in [-0.05, 0) is 6.42 Å². The Hall–Kier alpha value is -0.820. The Bertz CT molecular complexity index is 353. The van der Waals surface area contributed by atoms with E-state index in [9.17, 15) is 4.79 Å². The zero-order valence-corrected chi connectivity index (χ0v) is 9.27. The minimum absolute atomic E-state index is 0.00708. The van der Waals surface area contributed by atoms with Gasteiger partial charge in [0.15, 0.2) is 4.34 Å². The normalized spacial score (nSPS) is 21.9. The van der Waals surface area contributed by atoms with Gasteiger partial charge in [0.2, 0.25) is 11.0 Å². The maximum Gasteiger partial charge on any atom is 0.235 e. The molecule has 14 heavy (non-hydrogen) atoms. The highest BCUT2D eigenvalue weighted by Gasteiger charge is 2.30.